The summed E-state index contributed by atoms with van der Waals surface area (Å²) in [6.07, 6.45) is 4.81. The van der Waals surface area contributed by atoms with Gasteiger partial charge in [-0.25, -0.2) is 0 Å². The molecule has 0 saturated carbocycles. The van der Waals surface area contributed by atoms with Crippen molar-refractivity contribution in [3.63, 3.8) is 0 Å². The molecule has 3 aromatic rings. The van der Waals surface area contributed by atoms with Crippen LogP contribution < -0.4 is 10.6 Å². The summed E-state index contributed by atoms with van der Waals surface area (Å²) in [4.78, 5) is 0. The summed E-state index contributed by atoms with van der Waals surface area (Å²) in [6, 6.07) is 14.5. The third-order valence-corrected chi connectivity index (χ3v) is 6.15. The van der Waals surface area contributed by atoms with Crippen LogP contribution >= 0.6 is 23.2 Å². The molecule has 2 N–H and O–H groups in total. The van der Waals surface area contributed by atoms with E-state index in [1.165, 1.54) is 29.3 Å². The topological polar surface area (TPSA) is 29.0 Å². The van der Waals surface area contributed by atoms with Crippen LogP contribution in [0.25, 0.3) is 10.9 Å². The van der Waals surface area contributed by atoms with Crippen LogP contribution in [0.5, 0.6) is 0 Å². The van der Waals surface area contributed by atoms with Gasteiger partial charge in [-0.2, -0.15) is 0 Å². The first-order valence-electron chi connectivity index (χ1n) is 9.63. The predicted octanol–water partition coefficient (Wildman–Crippen LogP) is 5.09. The third-order valence-electron chi connectivity index (χ3n) is 5.42. The zero-order valence-corrected chi connectivity index (χ0v) is 16.9. The Balaban J connectivity index is 1.50. The Labute approximate surface area is 170 Å². The summed E-state index contributed by atoms with van der Waals surface area (Å²) in [7, 11) is 0. The van der Waals surface area contributed by atoms with E-state index in [1.54, 1.807) is 0 Å². The van der Waals surface area contributed by atoms with Crippen molar-refractivity contribution in [1.29, 1.82) is 0 Å². The number of hydrogen-bond acceptors (Lipinski definition) is 2. The van der Waals surface area contributed by atoms with E-state index in [-0.39, 0.29) is 0 Å². The minimum Gasteiger partial charge on any atom is -0.343 e. The highest BCUT2D eigenvalue weighted by Gasteiger charge is 2.13. The van der Waals surface area contributed by atoms with Crippen LogP contribution in [0.1, 0.15) is 24.0 Å². The summed E-state index contributed by atoms with van der Waals surface area (Å²) in [5, 5.41) is 9.63. The highest BCUT2D eigenvalue weighted by molar-refractivity contribution is 6.42. The highest BCUT2D eigenvalue weighted by Crippen LogP contribution is 2.26. The van der Waals surface area contributed by atoms with Crippen molar-refractivity contribution in [3.8, 4) is 0 Å². The average Bonchev–Trinajstić information content (AvgIpc) is 3.03. The van der Waals surface area contributed by atoms with Gasteiger partial charge in [0, 0.05) is 30.2 Å². The molecular weight excluding hydrogens is 377 g/mol. The van der Waals surface area contributed by atoms with Crippen LogP contribution in [0, 0.1) is 5.92 Å². The number of benzene rings is 2. The number of nitrogens with zero attached hydrogens (tertiary/aromatic N) is 1. The lowest BCUT2D eigenvalue weighted by Crippen LogP contribution is -2.33. The van der Waals surface area contributed by atoms with Gasteiger partial charge in [-0.3, -0.25) is 0 Å². The molecule has 2 heterocycles. The molecule has 0 aliphatic carbocycles. The van der Waals surface area contributed by atoms with Gasteiger partial charge in [-0.15, -0.1) is 0 Å². The summed E-state index contributed by atoms with van der Waals surface area (Å²) >= 11 is 12.2. The molecule has 0 spiro atoms. The molecule has 142 valence electrons. The lowest BCUT2D eigenvalue weighted by molar-refractivity contribution is 0.356. The number of piperidine rings is 1. The van der Waals surface area contributed by atoms with Crippen molar-refractivity contribution in [2.45, 2.75) is 25.9 Å². The van der Waals surface area contributed by atoms with Crippen LogP contribution in [0.2, 0.25) is 10.0 Å². The van der Waals surface area contributed by atoms with E-state index in [1.807, 2.05) is 18.2 Å². The lowest BCUT2D eigenvalue weighted by atomic mass is 9.98. The van der Waals surface area contributed by atoms with Crippen molar-refractivity contribution in [2.75, 3.05) is 19.6 Å². The molecule has 1 aliphatic heterocycles. The Kier molecular flexibility index (Phi) is 6.04. The number of aromatic nitrogens is 1. The quantitative estimate of drug-likeness (QED) is 0.602. The molecule has 1 aliphatic rings. The maximum absolute atomic E-state index is 6.19. The molecular formula is C22H25Cl2N3. The highest BCUT2D eigenvalue weighted by atomic mass is 35.5. The maximum Gasteiger partial charge on any atom is 0.0595 e. The zero-order chi connectivity index (χ0) is 18.6. The number of rotatable bonds is 6. The Morgan fingerprint density at radius 1 is 1.04 bits per heavy atom. The van der Waals surface area contributed by atoms with Crippen LogP contribution in [-0.4, -0.2) is 24.2 Å². The molecule has 0 unspecified atom stereocenters. The second kappa shape index (κ2) is 8.66. The summed E-state index contributed by atoms with van der Waals surface area (Å²) in [5.41, 5.74) is 3.75. The van der Waals surface area contributed by atoms with Gasteiger partial charge in [-0.1, -0.05) is 47.5 Å². The Bertz CT molecular complexity index is 913. The molecule has 1 aromatic heterocycles. The van der Waals surface area contributed by atoms with Crippen molar-refractivity contribution >= 4 is 34.1 Å². The first-order valence-corrected chi connectivity index (χ1v) is 10.4. The second-order valence-corrected chi connectivity index (χ2v) is 8.19. The van der Waals surface area contributed by atoms with Crippen LogP contribution in [0.4, 0.5) is 0 Å². The minimum atomic E-state index is 0.598. The molecule has 2 aromatic carbocycles. The van der Waals surface area contributed by atoms with Gasteiger partial charge in [0.05, 0.1) is 10.0 Å². The van der Waals surface area contributed by atoms with Gasteiger partial charge in [0.1, 0.15) is 0 Å². The maximum atomic E-state index is 6.19. The van der Waals surface area contributed by atoms with E-state index in [9.17, 15) is 0 Å². The average molecular weight is 402 g/mol. The summed E-state index contributed by atoms with van der Waals surface area (Å²) in [5.74, 6) is 0.788. The van der Waals surface area contributed by atoms with Crippen LogP contribution in [0.15, 0.2) is 48.7 Å². The molecule has 5 heteroatoms. The van der Waals surface area contributed by atoms with Gasteiger partial charge >= 0.3 is 0 Å². The fourth-order valence-electron chi connectivity index (χ4n) is 3.93. The first-order chi connectivity index (χ1) is 13.2. The summed E-state index contributed by atoms with van der Waals surface area (Å²) in [6.45, 7) is 5.07. The smallest absolute Gasteiger partial charge is 0.0595 e. The van der Waals surface area contributed by atoms with Gasteiger partial charge < -0.3 is 15.2 Å². The van der Waals surface area contributed by atoms with E-state index in [0.29, 0.717) is 10.0 Å². The zero-order valence-electron chi connectivity index (χ0n) is 15.3. The number of hydrogen-bond donors (Lipinski definition) is 2. The van der Waals surface area contributed by atoms with E-state index in [2.05, 4.69) is 45.7 Å². The summed E-state index contributed by atoms with van der Waals surface area (Å²) < 4.78 is 2.30. The van der Waals surface area contributed by atoms with Crippen molar-refractivity contribution in [3.05, 3.63) is 69.8 Å². The first kappa shape index (κ1) is 18.8. The van der Waals surface area contributed by atoms with Gasteiger partial charge in [-0.05, 0) is 67.7 Å². The second-order valence-electron chi connectivity index (χ2n) is 7.37. The van der Waals surface area contributed by atoms with Crippen molar-refractivity contribution < 1.29 is 0 Å². The minimum absolute atomic E-state index is 0.598. The van der Waals surface area contributed by atoms with Crippen LogP contribution in [-0.2, 0) is 13.1 Å². The number of halogens is 2. The molecule has 0 amide bonds. The third kappa shape index (κ3) is 4.49. The molecule has 0 radical (unpaired) electrons. The van der Waals surface area contributed by atoms with Gasteiger partial charge in [0.15, 0.2) is 0 Å². The fourth-order valence-corrected chi connectivity index (χ4v) is 4.25. The Hall–Kier alpha value is -1.52. The molecule has 4 rings (SSSR count). The molecule has 3 nitrogen and oxygen atoms in total. The monoisotopic (exact) mass is 401 g/mol. The molecule has 0 atom stereocenters. The van der Waals surface area contributed by atoms with Gasteiger partial charge in [0.2, 0.25) is 0 Å². The Morgan fingerprint density at radius 3 is 2.67 bits per heavy atom. The van der Waals surface area contributed by atoms with E-state index >= 15 is 0 Å². The molecule has 1 saturated heterocycles. The van der Waals surface area contributed by atoms with E-state index in [4.69, 9.17) is 23.2 Å². The van der Waals surface area contributed by atoms with Gasteiger partial charge in [0.25, 0.3) is 0 Å². The van der Waals surface area contributed by atoms with Crippen LogP contribution in [0.3, 0.4) is 0 Å². The number of para-hydroxylation sites is 1. The molecule has 0 bridgehead atoms. The number of fused-ring (bicyclic) bond motifs is 1. The normalized spacial score (nSPS) is 15.5. The fraction of sp³-hybridized carbons (Fsp3) is 0.364. The number of nitrogens with one attached hydrogen (secondary N) is 2. The van der Waals surface area contributed by atoms with Crippen molar-refractivity contribution in [2.24, 2.45) is 5.92 Å². The molecule has 27 heavy (non-hydrogen) atoms. The Morgan fingerprint density at radius 2 is 1.85 bits per heavy atom. The lowest BCUT2D eigenvalue weighted by Gasteiger charge is -2.22. The predicted molar refractivity (Wildman–Crippen MR) is 115 cm³/mol. The van der Waals surface area contributed by atoms with E-state index < -0.39 is 0 Å². The largest absolute Gasteiger partial charge is 0.343 e. The standard InChI is InChI=1S/C22H25Cl2N3/c23-20-6-5-17(11-21(20)24)14-27-15-18(19-3-1-2-4-22(19)27)13-26-12-16-7-9-25-10-8-16/h1-6,11,15-16,25-26H,7-10,12-14H2. The van der Waals surface area contributed by atoms with Crippen molar-refractivity contribution in [1.82, 2.24) is 15.2 Å². The van der Waals surface area contributed by atoms with E-state index in [0.717, 1.165) is 44.2 Å². The molecule has 1 fully saturated rings. The SMILES string of the molecule is Clc1ccc(Cn2cc(CNCC3CCNCC3)c3ccccc32)cc1Cl.